The lowest BCUT2D eigenvalue weighted by atomic mass is 10.2. The first-order valence-corrected chi connectivity index (χ1v) is 5.95. The fraction of sp³-hybridized carbons (Fsp3) is 0.133. The van der Waals surface area contributed by atoms with Crippen LogP contribution in [0.5, 0.6) is 5.75 Å². The highest BCUT2D eigenvalue weighted by Crippen LogP contribution is 2.27. The monoisotopic (exact) mass is 267 g/mol. The molecule has 0 N–H and O–H groups in total. The molecule has 0 fully saturated rings. The average molecular weight is 267 g/mol. The van der Waals surface area contributed by atoms with Crippen LogP contribution in [0.15, 0.2) is 42.5 Å². The van der Waals surface area contributed by atoms with E-state index in [9.17, 15) is 4.79 Å². The van der Waals surface area contributed by atoms with E-state index in [4.69, 9.17) is 10.00 Å². The molecular weight excluding hydrogens is 254 g/mol. The third-order valence-corrected chi connectivity index (χ3v) is 2.83. The number of carbonyl (C=O) groups excluding carboxylic acids is 1. The quantitative estimate of drug-likeness (QED) is 0.855. The number of nitriles is 1. The zero-order valence-corrected chi connectivity index (χ0v) is 11.2. The number of benzene rings is 1. The van der Waals surface area contributed by atoms with Crippen LogP contribution in [0.25, 0.3) is 0 Å². The summed E-state index contributed by atoms with van der Waals surface area (Å²) in [4.78, 5) is 17.8. The van der Waals surface area contributed by atoms with Gasteiger partial charge in [-0.2, -0.15) is 5.26 Å². The summed E-state index contributed by atoms with van der Waals surface area (Å²) in [6.07, 6.45) is 0. The van der Waals surface area contributed by atoms with Crippen LogP contribution < -0.4 is 9.64 Å². The van der Waals surface area contributed by atoms with Gasteiger partial charge in [-0.15, -0.1) is 0 Å². The minimum absolute atomic E-state index is 0.212. The molecule has 0 aliphatic carbocycles. The number of nitrogens with zero attached hydrogens (tertiary/aromatic N) is 3. The van der Waals surface area contributed by atoms with Gasteiger partial charge in [-0.05, 0) is 24.3 Å². The van der Waals surface area contributed by atoms with Crippen molar-refractivity contribution in [1.82, 2.24) is 4.98 Å². The van der Waals surface area contributed by atoms with Gasteiger partial charge in [0, 0.05) is 7.05 Å². The molecule has 0 atom stereocenters. The summed E-state index contributed by atoms with van der Waals surface area (Å²) in [5.41, 5.74) is 1.07. The number of methoxy groups -OCH3 is 1. The van der Waals surface area contributed by atoms with Crippen LogP contribution >= 0.6 is 0 Å². The number of anilines is 1. The van der Waals surface area contributed by atoms with Gasteiger partial charge in [0.15, 0.2) is 0 Å². The molecule has 0 aliphatic heterocycles. The topological polar surface area (TPSA) is 66.2 Å². The Hall–Kier alpha value is -2.87. The van der Waals surface area contributed by atoms with Gasteiger partial charge in [0.25, 0.3) is 5.91 Å². The van der Waals surface area contributed by atoms with Crippen LogP contribution in [0, 0.1) is 11.3 Å². The van der Waals surface area contributed by atoms with Crippen LogP contribution in [-0.2, 0) is 0 Å². The van der Waals surface area contributed by atoms with Gasteiger partial charge in [-0.1, -0.05) is 18.2 Å². The lowest BCUT2D eigenvalue weighted by Gasteiger charge is -2.19. The second-order valence-electron chi connectivity index (χ2n) is 4.06. The second kappa shape index (κ2) is 5.85. The fourth-order valence-corrected chi connectivity index (χ4v) is 1.80. The molecule has 0 saturated carbocycles. The summed E-state index contributed by atoms with van der Waals surface area (Å²) >= 11 is 0. The zero-order chi connectivity index (χ0) is 14.5. The van der Waals surface area contributed by atoms with Crippen molar-refractivity contribution < 1.29 is 9.53 Å². The Morgan fingerprint density at radius 2 is 2.00 bits per heavy atom. The molecule has 1 amide bonds. The molecule has 0 bridgehead atoms. The summed E-state index contributed by atoms with van der Waals surface area (Å²) in [5.74, 6) is 0.298. The highest BCUT2D eigenvalue weighted by atomic mass is 16.5. The molecule has 1 aromatic heterocycles. The largest absolute Gasteiger partial charge is 0.495 e. The minimum Gasteiger partial charge on any atom is -0.495 e. The van der Waals surface area contributed by atoms with E-state index >= 15 is 0 Å². The van der Waals surface area contributed by atoms with E-state index in [1.807, 2.05) is 18.2 Å². The van der Waals surface area contributed by atoms with E-state index < -0.39 is 0 Å². The number of pyridine rings is 1. The van der Waals surface area contributed by atoms with Crippen LogP contribution in [0.1, 0.15) is 16.2 Å². The molecule has 100 valence electrons. The van der Waals surface area contributed by atoms with Gasteiger partial charge in [0.05, 0.1) is 12.8 Å². The van der Waals surface area contributed by atoms with Crippen LogP contribution in [0.3, 0.4) is 0 Å². The van der Waals surface area contributed by atoms with E-state index in [0.29, 0.717) is 11.4 Å². The van der Waals surface area contributed by atoms with Crippen LogP contribution in [0.4, 0.5) is 5.69 Å². The maximum absolute atomic E-state index is 12.4. The Balaban J connectivity index is 2.35. The number of ether oxygens (including phenoxy) is 1. The van der Waals surface area contributed by atoms with Crippen molar-refractivity contribution in [1.29, 1.82) is 5.26 Å². The third-order valence-electron chi connectivity index (χ3n) is 2.83. The molecule has 5 nitrogen and oxygen atoms in total. The molecular formula is C15H13N3O2. The SMILES string of the molecule is COc1ccccc1N(C)C(=O)c1cccc(C#N)n1. The maximum Gasteiger partial charge on any atom is 0.276 e. The summed E-state index contributed by atoms with van der Waals surface area (Å²) in [5, 5.41) is 8.82. The van der Waals surface area contributed by atoms with Gasteiger partial charge >= 0.3 is 0 Å². The Kier molecular flexibility index (Phi) is 3.96. The maximum atomic E-state index is 12.4. The predicted molar refractivity (Wildman–Crippen MR) is 74.7 cm³/mol. The van der Waals surface area contributed by atoms with Crippen molar-refractivity contribution >= 4 is 11.6 Å². The van der Waals surface area contributed by atoms with Crippen molar-refractivity contribution in [2.75, 3.05) is 19.1 Å². The predicted octanol–water partition coefficient (Wildman–Crippen LogP) is 2.24. The van der Waals surface area contributed by atoms with Gasteiger partial charge in [-0.3, -0.25) is 4.79 Å². The first kappa shape index (κ1) is 13.6. The summed E-state index contributed by atoms with van der Waals surface area (Å²) in [6, 6.07) is 13.9. The number of carbonyl (C=O) groups is 1. The Labute approximate surface area is 117 Å². The number of aromatic nitrogens is 1. The van der Waals surface area contributed by atoms with Crippen molar-refractivity contribution in [2.24, 2.45) is 0 Å². The molecule has 0 spiro atoms. The number of hydrogen-bond acceptors (Lipinski definition) is 4. The van der Waals surface area contributed by atoms with Crippen molar-refractivity contribution in [3.05, 3.63) is 53.9 Å². The van der Waals surface area contributed by atoms with E-state index in [2.05, 4.69) is 4.98 Å². The fourth-order valence-electron chi connectivity index (χ4n) is 1.80. The molecule has 1 aromatic carbocycles. The first-order valence-electron chi connectivity index (χ1n) is 5.95. The number of rotatable bonds is 3. The van der Waals surface area contributed by atoms with E-state index in [-0.39, 0.29) is 17.3 Å². The number of amides is 1. The van der Waals surface area contributed by atoms with Gasteiger partial charge < -0.3 is 9.64 Å². The standard InChI is InChI=1S/C15H13N3O2/c1-18(13-8-3-4-9-14(13)20-2)15(19)12-7-5-6-11(10-16)17-12/h3-9H,1-2H3. The Morgan fingerprint density at radius 3 is 2.70 bits per heavy atom. The van der Waals surface area contributed by atoms with Crippen LogP contribution in [0.2, 0.25) is 0 Å². The third kappa shape index (κ3) is 2.59. The van der Waals surface area contributed by atoms with E-state index in [0.717, 1.165) is 0 Å². The van der Waals surface area contributed by atoms with Gasteiger partial charge in [0.1, 0.15) is 23.2 Å². The zero-order valence-electron chi connectivity index (χ0n) is 11.2. The van der Waals surface area contributed by atoms with E-state index in [1.165, 1.54) is 4.90 Å². The highest BCUT2D eigenvalue weighted by Gasteiger charge is 2.18. The van der Waals surface area contributed by atoms with Crippen molar-refractivity contribution in [3.63, 3.8) is 0 Å². The molecule has 0 radical (unpaired) electrons. The normalized spacial score (nSPS) is 9.65. The lowest BCUT2D eigenvalue weighted by Crippen LogP contribution is -2.27. The molecule has 0 aliphatic rings. The molecule has 5 heteroatoms. The molecule has 0 saturated heterocycles. The molecule has 2 rings (SSSR count). The minimum atomic E-state index is -0.299. The highest BCUT2D eigenvalue weighted by molar-refractivity contribution is 6.05. The lowest BCUT2D eigenvalue weighted by molar-refractivity contribution is 0.0987. The van der Waals surface area contributed by atoms with Crippen molar-refractivity contribution in [2.45, 2.75) is 0 Å². The summed E-state index contributed by atoms with van der Waals surface area (Å²) in [7, 11) is 3.19. The number of hydrogen-bond donors (Lipinski definition) is 0. The van der Waals surface area contributed by atoms with Crippen LogP contribution in [-0.4, -0.2) is 25.0 Å². The first-order chi connectivity index (χ1) is 9.67. The average Bonchev–Trinajstić information content (AvgIpc) is 2.53. The molecule has 20 heavy (non-hydrogen) atoms. The van der Waals surface area contributed by atoms with Gasteiger partial charge in [0.2, 0.25) is 0 Å². The van der Waals surface area contributed by atoms with Crippen molar-refractivity contribution in [3.8, 4) is 11.8 Å². The smallest absolute Gasteiger partial charge is 0.276 e. The summed E-state index contributed by atoms with van der Waals surface area (Å²) < 4.78 is 5.23. The second-order valence-corrected chi connectivity index (χ2v) is 4.06. The Bertz CT molecular complexity index is 677. The summed E-state index contributed by atoms with van der Waals surface area (Å²) in [6.45, 7) is 0. The van der Waals surface area contributed by atoms with E-state index in [1.54, 1.807) is 44.5 Å². The molecule has 0 unspecified atom stereocenters. The number of para-hydroxylation sites is 2. The molecule has 1 heterocycles. The Morgan fingerprint density at radius 1 is 1.25 bits per heavy atom. The van der Waals surface area contributed by atoms with Gasteiger partial charge in [-0.25, -0.2) is 4.98 Å². The molecule has 2 aromatic rings.